The molecule has 2 rings (SSSR count). The molecule has 0 aromatic heterocycles. The van der Waals surface area contributed by atoms with Crippen molar-refractivity contribution in [2.24, 2.45) is 11.3 Å². The van der Waals surface area contributed by atoms with Crippen LogP contribution in [0.4, 0.5) is 0 Å². The molecule has 0 spiro atoms. The number of hydrogen-bond acceptors (Lipinski definition) is 3. The molecule has 2 aliphatic rings. The van der Waals surface area contributed by atoms with E-state index in [-0.39, 0.29) is 11.3 Å². The van der Waals surface area contributed by atoms with Crippen molar-refractivity contribution in [3.63, 3.8) is 0 Å². The second kappa shape index (κ2) is 7.78. The fraction of sp³-hybridized carbons (Fsp3) is 0.944. The van der Waals surface area contributed by atoms with Crippen molar-refractivity contribution in [2.75, 3.05) is 19.7 Å². The minimum Gasteiger partial charge on any atom is -0.396 e. The molecule has 22 heavy (non-hydrogen) atoms. The first-order valence-corrected chi connectivity index (χ1v) is 9.08. The summed E-state index contributed by atoms with van der Waals surface area (Å²) < 4.78 is 0. The van der Waals surface area contributed by atoms with Crippen LogP contribution >= 0.6 is 0 Å². The third-order valence-corrected chi connectivity index (χ3v) is 5.27. The van der Waals surface area contributed by atoms with Crippen LogP contribution in [0, 0.1) is 11.3 Å². The number of aliphatic hydroxyl groups is 1. The van der Waals surface area contributed by atoms with E-state index in [1.165, 1.54) is 25.7 Å². The molecule has 1 saturated heterocycles. The van der Waals surface area contributed by atoms with E-state index in [9.17, 15) is 9.90 Å². The van der Waals surface area contributed by atoms with E-state index in [0.29, 0.717) is 24.6 Å². The molecule has 0 aromatic carbocycles. The number of piperidine rings is 1. The molecule has 4 nitrogen and oxygen atoms in total. The van der Waals surface area contributed by atoms with Crippen LogP contribution < -0.4 is 5.32 Å². The van der Waals surface area contributed by atoms with E-state index in [1.54, 1.807) is 0 Å². The molecule has 1 aliphatic carbocycles. The fourth-order valence-electron chi connectivity index (χ4n) is 3.85. The molecule has 4 heteroatoms. The van der Waals surface area contributed by atoms with Crippen molar-refractivity contribution in [2.45, 2.75) is 77.8 Å². The lowest BCUT2D eigenvalue weighted by molar-refractivity contribution is -0.140. The van der Waals surface area contributed by atoms with Gasteiger partial charge in [-0.3, -0.25) is 4.79 Å². The largest absolute Gasteiger partial charge is 0.396 e. The lowest BCUT2D eigenvalue weighted by Crippen LogP contribution is -2.51. The summed E-state index contributed by atoms with van der Waals surface area (Å²) in [6.07, 6.45) is 8.24. The Kier molecular flexibility index (Phi) is 6.27. The molecule has 0 radical (unpaired) electrons. The number of amides is 1. The Morgan fingerprint density at radius 3 is 2.32 bits per heavy atom. The van der Waals surface area contributed by atoms with Crippen molar-refractivity contribution in [3.05, 3.63) is 0 Å². The van der Waals surface area contributed by atoms with Gasteiger partial charge in [0, 0.05) is 37.2 Å². The van der Waals surface area contributed by atoms with Gasteiger partial charge in [-0.2, -0.15) is 0 Å². The van der Waals surface area contributed by atoms with Gasteiger partial charge in [-0.05, 0) is 31.6 Å². The van der Waals surface area contributed by atoms with E-state index in [2.05, 4.69) is 5.32 Å². The van der Waals surface area contributed by atoms with Crippen LogP contribution in [-0.4, -0.2) is 47.7 Å². The zero-order valence-electron chi connectivity index (χ0n) is 14.6. The molecule has 2 atom stereocenters. The third-order valence-electron chi connectivity index (χ3n) is 5.27. The maximum Gasteiger partial charge on any atom is 0.227 e. The van der Waals surface area contributed by atoms with Crippen molar-refractivity contribution < 1.29 is 9.90 Å². The second-order valence-corrected chi connectivity index (χ2v) is 8.17. The summed E-state index contributed by atoms with van der Waals surface area (Å²) in [5.41, 5.74) is -0.274. The summed E-state index contributed by atoms with van der Waals surface area (Å²) in [6, 6.07) is 0.962. The zero-order chi connectivity index (χ0) is 16.2. The molecule has 1 aliphatic heterocycles. The molecule has 2 N–H and O–H groups in total. The van der Waals surface area contributed by atoms with Crippen LogP contribution in [0.1, 0.15) is 65.7 Å². The molecule has 128 valence electrons. The molecular formula is C18H34N2O2. The normalized spacial score (nSPS) is 28.5. The number of carbonyl (C=O) groups excluding carboxylic acids is 1. The van der Waals surface area contributed by atoms with Gasteiger partial charge in [-0.25, -0.2) is 0 Å². The lowest BCUT2D eigenvalue weighted by atomic mass is 9.91. The number of carbonyl (C=O) groups is 1. The highest BCUT2D eigenvalue weighted by atomic mass is 16.3. The van der Waals surface area contributed by atoms with Gasteiger partial charge in [0.25, 0.3) is 0 Å². The third kappa shape index (κ3) is 4.69. The standard InChI is InChI=1S/C18H34N2O2/c1-18(2,3)17(22)20-11-9-15(10-12-20)19-16-8-6-4-5-7-14(16)13-21/h14-16,19,21H,4-13H2,1-3H3. The van der Waals surface area contributed by atoms with Gasteiger partial charge >= 0.3 is 0 Å². The molecular weight excluding hydrogens is 276 g/mol. The molecule has 0 bridgehead atoms. The highest BCUT2D eigenvalue weighted by molar-refractivity contribution is 5.81. The van der Waals surface area contributed by atoms with Crippen LogP contribution in [0.3, 0.4) is 0 Å². The summed E-state index contributed by atoms with van der Waals surface area (Å²) in [4.78, 5) is 14.4. The average Bonchev–Trinajstić information content (AvgIpc) is 2.71. The lowest BCUT2D eigenvalue weighted by Gasteiger charge is -2.38. The summed E-state index contributed by atoms with van der Waals surface area (Å²) in [6.45, 7) is 8.03. The first kappa shape index (κ1) is 17.7. The fourth-order valence-corrected chi connectivity index (χ4v) is 3.85. The first-order chi connectivity index (χ1) is 10.4. The van der Waals surface area contributed by atoms with Gasteiger partial charge in [0.15, 0.2) is 0 Å². The monoisotopic (exact) mass is 310 g/mol. The molecule has 1 saturated carbocycles. The Labute approximate surface area is 135 Å². The molecule has 0 aromatic rings. The van der Waals surface area contributed by atoms with Crippen LogP contribution in [0.15, 0.2) is 0 Å². The van der Waals surface area contributed by atoms with E-state index in [0.717, 1.165) is 32.4 Å². The average molecular weight is 310 g/mol. The molecule has 1 heterocycles. The summed E-state index contributed by atoms with van der Waals surface area (Å²) in [5, 5.41) is 13.4. The summed E-state index contributed by atoms with van der Waals surface area (Å²) in [5.74, 6) is 0.686. The van der Waals surface area contributed by atoms with E-state index in [1.807, 2.05) is 25.7 Å². The smallest absolute Gasteiger partial charge is 0.227 e. The van der Waals surface area contributed by atoms with Crippen LogP contribution in [0.2, 0.25) is 0 Å². The highest BCUT2D eigenvalue weighted by Gasteiger charge is 2.32. The predicted molar refractivity (Wildman–Crippen MR) is 89.6 cm³/mol. The van der Waals surface area contributed by atoms with Crippen molar-refractivity contribution in [1.29, 1.82) is 0 Å². The van der Waals surface area contributed by atoms with Crippen LogP contribution in [0.25, 0.3) is 0 Å². The molecule has 1 amide bonds. The Balaban J connectivity index is 1.82. The minimum atomic E-state index is -0.274. The topological polar surface area (TPSA) is 52.6 Å². The van der Waals surface area contributed by atoms with Gasteiger partial charge in [-0.15, -0.1) is 0 Å². The molecule has 2 fully saturated rings. The van der Waals surface area contributed by atoms with Crippen LogP contribution in [-0.2, 0) is 4.79 Å². The van der Waals surface area contributed by atoms with Crippen LogP contribution in [0.5, 0.6) is 0 Å². The van der Waals surface area contributed by atoms with Gasteiger partial charge in [-0.1, -0.05) is 40.0 Å². The Bertz CT molecular complexity index is 357. The maximum atomic E-state index is 12.3. The number of rotatable bonds is 3. The predicted octanol–water partition coefficient (Wildman–Crippen LogP) is 2.55. The van der Waals surface area contributed by atoms with E-state index >= 15 is 0 Å². The number of hydrogen-bond donors (Lipinski definition) is 2. The van der Waals surface area contributed by atoms with Gasteiger partial charge in [0.05, 0.1) is 0 Å². The van der Waals surface area contributed by atoms with E-state index in [4.69, 9.17) is 0 Å². The SMILES string of the molecule is CC(C)(C)C(=O)N1CCC(NC2CCCCCC2CO)CC1. The minimum absolute atomic E-state index is 0.272. The summed E-state index contributed by atoms with van der Waals surface area (Å²) in [7, 11) is 0. The molecule has 2 unspecified atom stereocenters. The maximum absolute atomic E-state index is 12.3. The van der Waals surface area contributed by atoms with Crippen molar-refractivity contribution >= 4 is 5.91 Å². The van der Waals surface area contributed by atoms with Crippen molar-refractivity contribution in [3.8, 4) is 0 Å². The quantitative estimate of drug-likeness (QED) is 0.788. The van der Waals surface area contributed by atoms with Gasteiger partial charge in [0.2, 0.25) is 5.91 Å². The number of aliphatic hydroxyl groups excluding tert-OH is 1. The first-order valence-electron chi connectivity index (χ1n) is 9.08. The van der Waals surface area contributed by atoms with Crippen molar-refractivity contribution in [1.82, 2.24) is 10.2 Å². The zero-order valence-corrected chi connectivity index (χ0v) is 14.6. The van der Waals surface area contributed by atoms with Gasteiger partial charge < -0.3 is 15.3 Å². The second-order valence-electron chi connectivity index (χ2n) is 8.17. The van der Waals surface area contributed by atoms with E-state index < -0.39 is 0 Å². The number of nitrogens with zero attached hydrogens (tertiary/aromatic N) is 1. The Hall–Kier alpha value is -0.610. The summed E-state index contributed by atoms with van der Waals surface area (Å²) >= 11 is 0. The Morgan fingerprint density at radius 2 is 1.73 bits per heavy atom. The number of likely N-dealkylation sites (tertiary alicyclic amines) is 1. The highest BCUT2D eigenvalue weighted by Crippen LogP contribution is 2.26. The van der Waals surface area contributed by atoms with Gasteiger partial charge in [0.1, 0.15) is 0 Å². The number of nitrogens with one attached hydrogen (secondary N) is 1. The Morgan fingerprint density at radius 1 is 1.09 bits per heavy atom.